The summed E-state index contributed by atoms with van der Waals surface area (Å²) in [5.74, 6) is 0. The number of nitrogens with zero attached hydrogens (tertiary/aromatic N) is 4. The van der Waals surface area contributed by atoms with E-state index in [-0.39, 0.29) is 0 Å². The number of benzene rings is 7. The highest BCUT2D eigenvalue weighted by Gasteiger charge is 2.22. The van der Waals surface area contributed by atoms with E-state index in [4.69, 9.17) is 6.57 Å². The molecule has 0 amide bonds. The van der Waals surface area contributed by atoms with Crippen molar-refractivity contribution in [2.24, 2.45) is 0 Å². The zero-order valence-electron chi connectivity index (χ0n) is 25.8. The second-order valence-corrected chi connectivity index (χ2v) is 12.0. The second-order valence-electron chi connectivity index (χ2n) is 12.0. The van der Waals surface area contributed by atoms with Crippen LogP contribution in [0.2, 0.25) is 0 Å². The van der Waals surface area contributed by atoms with E-state index in [1.165, 1.54) is 10.8 Å². The zero-order chi connectivity index (χ0) is 32.2. The Morgan fingerprint density at radius 3 is 1.71 bits per heavy atom. The summed E-state index contributed by atoms with van der Waals surface area (Å²) in [7, 11) is 0. The number of aromatic nitrogens is 2. The summed E-state index contributed by atoms with van der Waals surface area (Å²) in [4.78, 5) is 4.21. The van der Waals surface area contributed by atoms with E-state index in [1.54, 1.807) is 0 Å². The molecule has 0 fully saturated rings. The zero-order valence-corrected chi connectivity index (χ0v) is 25.8. The van der Waals surface area contributed by atoms with Crippen molar-refractivity contribution in [3.8, 4) is 39.7 Å². The molecule has 4 heteroatoms. The Labute approximate surface area is 277 Å². The SMILES string of the molecule is [C-]#[N+]c1cc(-c2ccccc2-n2c3ccccc3c3ccccc32)cc(-c2ccccc2)c1-n1c2ccccc2c2cc(C#N)ccc21. The van der Waals surface area contributed by atoms with Crippen LogP contribution in [0.4, 0.5) is 5.69 Å². The van der Waals surface area contributed by atoms with Gasteiger partial charge in [0.2, 0.25) is 5.69 Å². The summed E-state index contributed by atoms with van der Waals surface area (Å²) in [6.07, 6.45) is 0. The Hall–Kier alpha value is -6.88. The van der Waals surface area contributed by atoms with Crippen LogP contribution in [0.5, 0.6) is 0 Å². The molecule has 4 nitrogen and oxygen atoms in total. The molecule has 0 aliphatic heterocycles. The third kappa shape index (κ3) is 4.07. The smallest absolute Gasteiger partial charge is 0.211 e. The number of hydrogen-bond donors (Lipinski definition) is 0. The lowest BCUT2D eigenvalue weighted by molar-refractivity contribution is 1.18. The molecule has 0 aliphatic rings. The Bertz CT molecular complexity index is 2750. The summed E-state index contributed by atoms with van der Waals surface area (Å²) >= 11 is 0. The molecule has 2 aromatic heterocycles. The van der Waals surface area contributed by atoms with Gasteiger partial charge in [-0.15, -0.1) is 0 Å². The summed E-state index contributed by atoms with van der Waals surface area (Å²) in [6.45, 7) is 8.56. The Morgan fingerprint density at radius 1 is 0.479 bits per heavy atom. The lowest BCUT2D eigenvalue weighted by atomic mass is 9.94. The first-order valence-corrected chi connectivity index (χ1v) is 15.9. The number of hydrogen-bond acceptors (Lipinski definition) is 1. The summed E-state index contributed by atoms with van der Waals surface area (Å²) in [5.41, 5.74) is 11.2. The van der Waals surface area contributed by atoms with Gasteiger partial charge in [0.15, 0.2) is 0 Å². The van der Waals surface area contributed by atoms with Gasteiger partial charge >= 0.3 is 0 Å². The molecule has 0 saturated carbocycles. The molecule has 48 heavy (non-hydrogen) atoms. The van der Waals surface area contributed by atoms with E-state index in [9.17, 15) is 5.26 Å². The summed E-state index contributed by atoms with van der Waals surface area (Å²) in [5, 5.41) is 14.2. The van der Waals surface area contributed by atoms with E-state index in [2.05, 4.69) is 123 Å². The number of rotatable bonds is 4. The van der Waals surface area contributed by atoms with Crippen molar-refractivity contribution in [2.75, 3.05) is 0 Å². The Kier molecular flexibility index (Phi) is 6.22. The number of para-hydroxylation sites is 4. The maximum absolute atomic E-state index is 9.72. The molecule has 9 aromatic rings. The molecule has 9 rings (SSSR count). The molecule has 7 aromatic carbocycles. The van der Waals surface area contributed by atoms with Crippen molar-refractivity contribution >= 4 is 49.3 Å². The van der Waals surface area contributed by atoms with Gasteiger partial charge in [0, 0.05) is 27.1 Å². The molecule has 0 saturated heterocycles. The molecular formula is C44H26N4. The van der Waals surface area contributed by atoms with Crippen molar-refractivity contribution in [1.29, 1.82) is 5.26 Å². The van der Waals surface area contributed by atoms with Gasteiger partial charge in [-0.05, 0) is 71.3 Å². The average molecular weight is 611 g/mol. The predicted octanol–water partition coefficient (Wildman–Crippen LogP) is 11.6. The third-order valence-corrected chi connectivity index (χ3v) is 9.36. The molecule has 0 atom stereocenters. The van der Waals surface area contributed by atoms with Gasteiger partial charge in [-0.2, -0.15) is 5.26 Å². The Morgan fingerprint density at radius 2 is 1.04 bits per heavy atom. The maximum atomic E-state index is 9.72. The molecule has 0 spiro atoms. The maximum Gasteiger partial charge on any atom is 0.211 e. The molecule has 0 unspecified atom stereocenters. The fraction of sp³-hybridized carbons (Fsp3) is 0. The summed E-state index contributed by atoms with van der Waals surface area (Å²) in [6, 6.07) is 56.5. The van der Waals surface area contributed by atoms with Crippen LogP contribution in [-0.2, 0) is 0 Å². The van der Waals surface area contributed by atoms with Crippen LogP contribution in [0.1, 0.15) is 5.56 Å². The molecule has 0 aliphatic carbocycles. The van der Waals surface area contributed by atoms with Crippen LogP contribution < -0.4 is 0 Å². The predicted molar refractivity (Wildman–Crippen MR) is 197 cm³/mol. The monoisotopic (exact) mass is 610 g/mol. The van der Waals surface area contributed by atoms with E-state index >= 15 is 0 Å². The largest absolute Gasteiger partial charge is 0.318 e. The van der Waals surface area contributed by atoms with Crippen LogP contribution in [0.15, 0.2) is 158 Å². The van der Waals surface area contributed by atoms with Gasteiger partial charge in [0.1, 0.15) is 0 Å². The van der Waals surface area contributed by atoms with Gasteiger partial charge in [0.05, 0.1) is 51.6 Å². The van der Waals surface area contributed by atoms with Crippen molar-refractivity contribution in [2.45, 2.75) is 0 Å². The molecule has 222 valence electrons. The van der Waals surface area contributed by atoms with E-state index < -0.39 is 0 Å². The molecular weight excluding hydrogens is 585 g/mol. The number of nitriles is 1. The quantitative estimate of drug-likeness (QED) is 0.183. The molecule has 2 heterocycles. The fourth-order valence-corrected chi connectivity index (χ4v) is 7.31. The number of fused-ring (bicyclic) bond motifs is 6. The van der Waals surface area contributed by atoms with Crippen LogP contribution >= 0.6 is 0 Å². The van der Waals surface area contributed by atoms with Crippen molar-refractivity contribution in [3.63, 3.8) is 0 Å². The van der Waals surface area contributed by atoms with E-state index in [0.29, 0.717) is 11.3 Å². The second kappa shape index (κ2) is 10.9. The van der Waals surface area contributed by atoms with Gasteiger partial charge in [-0.3, -0.25) is 0 Å². The van der Waals surface area contributed by atoms with Crippen LogP contribution in [0, 0.1) is 17.9 Å². The molecule has 0 radical (unpaired) electrons. The van der Waals surface area contributed by atoms with Crippen LogP contribution in [0.25, 0.3) is 82.1 Å². The molecule has 0 bridgehead atoms. The van der Waals surface area contributed by atoms with Crippen LogP contribution in [-0.4, -0.2) is 9.13 Å². The minimum atomic E-state index is 0.551. The van der Waals surface area contributed by atoms with Crippen molar-refractivity contribution < 1.29 is 0 Å². The first-order valence-electron chi connectivity index (χ1n) is 15.9. The van der Waals surface area contributed by atoms with Gasteiger partial charge in [-0.25, -0.2) is 4.85 Å². The third-order valence-electron chi connectivity index (χ3n) is 9.36. The first kappa shape index (κ1) is 27.4. The van der Waals surface area contributed by atoms with E-state index in [0.717, 1.165) is 66.5 Å². The average Bonchev–Trinajstić information content (AvgIpc) is 3.67. The highest BCUT2D eigenvalue weighted by molar-refractivity contribution is 6.12. The van der Waals surface area contributed by atoms with Crippen LogP contribution in [0.3, 0.4) is 0 Å². The topological polar surface area (TPSA) is 38.0 Å². The normalized spacial score (nSPS) is 11.3. The Balaban J connectivity index is 1.38. The lowest BCUT2D eigenvalue weighted by Gasteiger charge is -2.20. The van der Waals surface area contributed by atoms with Gasteiger partial charge in [0.25, 0.3) is 0 Å². The van der Waals surface area contributed by atoms with Gasteiger partial charge < -0.3 is 9.13 Å². The van der Waals surface area contributed by atoms with E-state index in [1.807, 2.05) is 54.6 Å². The highest BCUT2D eigenvalue weighted by Crippen LogP contribution is 2.45. The lowest BCUT2D eigenvalue weighted by Crippen LogP contribution is -2.00. The minimum Gasteiger partial charge on any atom is -0.318 e. The van der Waals surface area contributed by atoms with Gasteiger partial charge in [-0.1, -0.05) is 103 Å². The van der Waals surface area contributed by atoms with Crippen molar-refractivity contribution in [1.82, 2.24) is 9.13 Å². The minimum absolute atomic E-state index is 0.551. The standard InChI is InChI=1S/C44H26N4/c1-46-38-27-31(32-15-5-9-19-39(32)47-40-20-10-6-16-33(40)34-17-7-11-21-41(34)47)26-36(30-13-3-2-4-14-30)44(38)48-42-22-12-8-18-35(42)37-25-29(28-45)23-24-43(37)48/h2-27H. The summed E-state index contributed by atoms with van der Waals surface area (Å²) < 4.78 is 4.54. The van der Waals surface area contributed by atoms with Crippen molar-refractivity contribution in [3.05, 3.63) is 175 Å². The molecule has 0 N–H and O–H groups in total. The highest BCUT2D eigenvalue weighted by atomic mass is 15.0. The fourth-order valence-electron chi connectivity index (χ4n) is 7.31. The first-order chi connectivity index (χ1) is 23.7.